The van der Waals surface area contributed by atoms with Crippen LogP contribution in [0.15, 0.2) is 24.3 Å². The third kappa shape index (κ3) is 5.33. The van der Waals surface area contributed by atoms with Crippen molar-refractivity contribution in [3.8, 4) is 0 Å². The number of piperidine rings is 1. The third-order valence-corrected chi connectivity index (χ3v) is 4.13. The predicted octanol–water partition coefficient (Wildman–Crippen LogP) is 0.413. The van der Waals surface area contributed by atoms with Gasteiger partial charge in [-0.25, -0.2) is 4.39 Å². The first-order chi connectivity index (χ1) is 11.5. The Hall–Kier alpha value is -2.44. The standard InChI is InChI=1S/C17H21FN3O3/c18-14-4-1-12(2-5-14)3-6-15(22)21-9-7-13(8-10-21)11-20-17(24)16(19)23/h1-2,4-6,13H,3,7-11H2,(H2,19,23)(H,20,24). The van der Waals surface area contributed by atoms with E-state index in [1.54, 1.807) is 23.5 Å². The van der Waals surface area contributed by atoms with Crippen molar-refractivity contribution in [2.75, 3.05) is 19.6 Å². The lowest BCUT2D eigenvalue weighted by Gasteiger charge is -2.32. The third-order valence-electron chi connectivity index (χ3n) is 4.13. The van der Waals surface area contributed by atoms with Crippen LogP contribution in [0.1, 0.15) is 18.4 Å². The fraction of sp³-hybridized carbons (Fsp3) is 0.412. The number of nitrogens with two attached hydrogens (primary N) is 1. The van der Waals surface area contributed by atoms with Crippen molar-refractivity contribution in [3.63, 3.8) is 0 Å². The first-order valence-corrected chi connectivity index (χ1v) is 7.90. The Balaban J connectivity index is 1.69. The Morgan fingerprint density at radius 1 is 1.21 bits per heavy atom. The average molecular weight is 334 g/mol. The molecule has 129 valence electrons. The van der Waals surface area contributed by atoms with Crippen molar-refractivity contribution in [1.82, 2.24) is 10.2 Å². The zero-order chi connectivity index (χ0) is 17.5. The molecule has 0 saturated carbocycles. The Morgan fingerprint density at radius 3 is 2.42 bits per heavy atom. The van der Waals surface area contributed by atoms with Crippen LogP contribution in [0.25, 0.3) is 0 Å². The van der Waals surface area contributed by atoms with E-state index in [9.17, 15) is 18.8 Å². The number of hydrogen-bond acceptors (Lipinski definition) is 3. The molecule has 1 heterocycles. The van der Waals surface area contributed by atoms with E-state index < -0.39 is 11.8 Å². The van der Waals surface area contributed by atoms with Crippen molar-refractivity contribution in [2.45, 2.75) is 19.3 Å². The molecule has 0 atom stereocenters. The normalized spacial score (nSPS) is 15.1. The first-order valence-electron chi connectivity index (χ1n) is 7.90. The number of likely N-dealkylation sites (tertiary alicyclic amines) is 1. The van der Waals surface area contributed by atoms with Crippen molar-refractivity contribution >= 4 is 17.7 Å². The van der Waals surface area contributed by atoms with E-state index in [0.717, 1.165) is 18.4 Å². The molecule has 1 fully saturated rings. The lowest BCUT2D eigenvalue weighted by atomic mass is 9.96. The first kappa shape index (κ1) is 17.9. The average Bonchev–Trinajstić information content (AvgIpc) is 2.59. The Bertz CT molecular complexity index is 596. The number of primary amides is 1. The quantitative estimate of drug-likeness (QED) is 0.764. The number of amides is 3. The summed E-state index contributed by atoms with van der Waals surface area (Å²) in [7, 11) is 0. The Kier molecular flexibility index (Phi) is 6.28. The van der Waals surface area contributed by atoms with Gasteiger partial charge in [0.05, 0.1) is 6.42 Å². The monoisotopic (exact) mass is 334 g/mol. The molecule has 3 amide bonds. The summed E-state index contributed by atoms with van der Waals surface area (Å²) in [4.78, 5) is 35.7. The number of carbonyl (C=O) groups is 3. The summed E-state index contributed by atoms with van der Waals surface area (Å²) >= 11 is 0. The summed E-state index contributed by atoms with van der Waals surface area (Å²) in [5, 5.41) is 2.49. The minimum Gasteiger partial charge on any atom is -0.361 e. The van der Waals surface area contributed by atoms with Crippen LogP contribution in [-0.2, 0) is 20.8 Å². The van der Waals surface area contributed by atoms with Crippen molar-refractivity contribution in [3.05, 3.63) is 42.1 Å². The van der Waals surface area contributed by atoms with Crippen LogP contribution >= 0.6 is 0 Å². The number of carbonyl (C=O) groups excluding carboxylic acids is 3. The molecule has 1 aliphatic heterocycles. The van der Waals surface area contributed by atoms with Crippen LogP contribution in [0, 0.1) is 18.2 Å². The van der Waals surface area contributed by atoms with Crippen molar-refractivity contribution in [1.29, 1.82) is 0 Å². The fourth-order valence-corrected chi connectivity index (χ4v) is 2.64. The van der Waals surface area contributed by atoms with Crippen LogP contribution in [0.3, 0.4) is 0 Å². The van der Waals surface area contributed by atoms with Gasteiger partial charge in [0, 0.05) is 19.6 Å². The number of nitrogens with one attached hydrogen (secondary N) is 1. The molecule has 0 bridgehead atoms. The molecular weight excluding hydrogens is 313 g/mol. The van der Waals surface area contributed by atoms with E-state index in [1.807, 2.05) is 0 Å². The molecule has 1 aromatic rings. The molecule has 2 rings (SSSR count). The maximum absolute atomic E-state index is 12.8. The Labute approximate surface area is 140 Å². The van der Waals surface area contributed by atoms with Gasteiger partial charge >= 0.3 is 11.8 Å². The van der Waals surface area contributed by atoms with Crippen LogP contribution in [0.2, 0.25) is 0 Å². The minimum atomic E-state index is -0.988. The van der Waals surface area contributed by atoms with Gasteiger partial charge in [0.15, 0.2) is 0 Å². The van der Waals surface area contributed by atoms with Gasteiger partial charge in [0.25, 0.3) is 0 Å². The summed E-state index contributed by atoms with van der Waals surface area (Å²) in [6.07, 6.45) is 3.58. The van der Waals surface area contributed by atoms with Gasteiger partial charge in [-0.3, -0.25) is 14.4 Å². The largest absolute Gasteiger partial charge is 0.361 e. The summed E-state index contributed by atoms with van der Waals surface area (Å²) in [5.41, 5.74) is 5.76. The predicted molar refractivity (Wildman–Crippen MR) is 85.9 cm³/mol. The van der Waals surface area contributed by atoms with E-state index in [0.29, 0.717) is 26.1 Å². The van der Waals surface area contributed by atoms with Crippen molar-refractivity contribution in [2.24, 2.45) is 11.7 Å². The smallest absolute Gasteiger partial charge is 0.309 e. The molecule has 1 radical (unpaired) electrons. The van der Waals surface area contributed by atoms with Gasteiger partial charge in [-0.1, -0.05) is 12.1 Å². The van der Waals surface area contributed by atoms with Gasteiger partial charge in [-0.15, -0.1) is 0 Å². The maximum Gasteiger partial charge on any atom is 0.309 e. The van der Waals surface area contributed by atoms with Crippen LogP contribution < -0.4 is 11.1 Å². The maximum atomic E-state index is 12.8. The van der Waals surface area contributed by atoms with Gasteiger partial charge in [-0.05, 0) is 42.9 Å². The highest BCUT2D eigenvalue weighted by atomic mass is 19.1. The van der Waals surface area contributed by atoms with Gasteiger partial charge in [0.1, 0.15) is 5.82 Å². The molecule has 6 nitrogen and oxygen atoms in total. The SMILES string of the molecule is NC(=O)C(=O)NCC1CCN(C(=O)[CH]Cc2ccc(F)cc2)CC1. The lowest BCUT2D eigenvalue weighted by molar-refractivity contribution is -0.137. The van der Waals surface area contributed by atoms with Gasteiger partial charge < -0.3 is 16.0 Å². The molecule has 0 spiro atoms. The van der Waals surface area contributed by atoms with Crippen molar-refractivity contribution < 1.29 is 18.8 Å². The molecule has 1 aliphatic rings. The molecule has 7 heteroatoms. The Morgan fingerprint density at radius 2 is 1.83 bits per heavy atom. The number of halogens is 1. The van der Waals surface area contributed by atoms with E-state index in [4.69, 9.17) is 5.73 Å². The minimum absolute atomic E-state index is 0.0426. The highest BCUT2D eigenvalue weighted by molar-refractivity contribution is 6.34. The van der Waals surface area contributed by atoms with Crippen LogP contribution in [-0.4, -0.2) is 42.3 Å². The zero-order valence-corrected chi connectivity index (χ0v) is 13.3. The molecule has 0 unspecified atom stereocenters. The lowest BCUT2D eigenvalue weighted by Crippen LogP contribution is -2.43. The van der Waals surface area contributed by atoms with E-state index in [2.05, 4.69) is 5.32 Å². The topological polar surface area (TPSA) is 92.5 Å². The van der Waals surface area contributed by atoms with Crippen LogP contribution in [0.5, 0.6) is 0 Å². The molecular formula is C17H21FN3O3. The second-order valence-corrected chi connectivity index (χ2v) is 5.88. The van der Waals surface area contributed by atoms with Crippen LogP contribution in [0.4, 0.5) is 4.39 Å². The molecule has 1 aromatic carbocycles. The second-order valence-electron chi connectivity index (χ2n) is 5.88. The zero-order valence-electron chi connectivity index (χ0n) is 13.3. The second kappa shape index (κ2) is 8.42. The van der Waals surface area contributed by atoms with Gasteiger partial charge in [0.2, 0.25) is 5.91 Å². The van der Waals surface area contributed by atoms with E-state index in [-0.39, 0.29) is 17.6 Å². The number of rotatable bonds is 5. The number of nitrogens with zero attached hydrogens (tertiary/aromatic N) is 1. The summed E-state index contributed by atoms with van der Waals surface area (Å²) in [5.74, 6) is -1.87. The molecule has 3 N–H and O–H groups in total. The summed E-state index contributed by atoms with van der Waals surface area (Å²) < 4.78 is 12.8. The summed E-state index contributed by atoms with van der Waals surface area (Å²) in [6.45, 7) is 1.61. The van der Waals surface area contributed by atoms with Gasteiger partial charge in [-0.2, -0.15) is 0 Å². The number of hydrogen-bond donors (Lipinski definition) is 2. The van der Waals surface area contributed by atoms with E-state index >= 15 is 0 Å². The van der Waals surface area contributed by atoms with E-state index in [1.165, 1.54) is 12.1 Å². The highest BCUT2D eigenvalue weighted by Crippen LogP contribution is 2.17. The molecule has 24 heavy (non-hydrogen) atoms. The molecule has 0 aliphatic carbocycles. The highest BCUT2D eigenvalue weighted by Gasteiger charge is 2.23. The molecule has 0 aromatic heterocycles. The number of benzene rings is 1. The fourth-order valence-electron chi connectivity index (χ4n) is 2.64. The summed E-state index contributed by atoms with van der Waals surface area (Å²) in [6, 6.07) is 6.07. The molecule has 1 saturated heterocycles.